The average Bonchev–Trinajstić information content (AvgIpc) is 3.11. The summed E-state index contributed by atoms with van der Waals surface area (Å²) in [6.07, 6.45) is 9.15. The molecule has 2 aromatic rings. The standard InChI is InChI=1S/C28H37N3O3/c1-21(2)18-29-19-24(27(33)30-14-7-4-8-15-30)26(32)25(20-29)28(34)31-16-9-12-23(13-17-31)22-10-5-3-6-11-22/h3,5-6,10-11,19-21,23H,4,7-9,12-18H2,1-2H3/t23-/m1/s1. The van der Waals surface area contributed by atoms with Crippen molar-refractivity contribution in [1.29, 1.82) is 0 Å². The zero-order valence-corrected chi connectivity index (χ0v) is 20.5. The predicted molar refractivity (Wildman–Crippen MR) is 134 cm³/mol. The maximum absolute atomic E-state index is 13.6. The summed E-state index contributed by atoms with van der Waals surface area (Å²) in [5.41, 5.74) is 1.14. The summed E-state index contributed by atoms with van der Waals surface area (Å²) in [5.74, 6) is 0.262. The summed E-state index contributed by atoms with van der Waals surface area (Å²) in [7, 11) is 0. The smallest absolute Gasteiger partial charge is 0.259 e. The SMILES string of the molecule is CC(C)Cn1cc(C(=O)N2CCCCC2)c(=O)c(C(=O)N2CCC[C@@H](c3ccccc3)CC2)c1. The molecule has 3 heterocycles. The molecule has 0 aliphatic carbocycles. The van der Waals surface area contributed by atoms with E-state index in [-0.39, 0.29) is 22.9 Å². The van der Waals surface area contributed by atoms with E-state index in [2.05, 4.69) is 38.1 Å². The largest absolute Gasteiger partial charge is 0.352 e. The first-order valence-electron chi connectivity index (χ1n) is 12.8. The van der Waals surface area contributed by atoms with Gasteiger partial charge in [-0.05, 0) is 55.9 Å². The van der Waals surface area contributed by atoms with Gasteiger partial charge in [0.15, 0.2) is 0 Å². The number of hydrogen-bond acceptors (Lipinski definition) is 3. The highest BCUT2D eigenvalue weighted by molar-refractivity contribution is 5.99. The van der Waals surface area contributed by atoms with Gasteiger partial charge in [0.25, 0.3) is 11.8 Å². The van der Waals surface area contributed by atoms with Gasteiger partial charge in [0, 0.05) is 45.1 Å². The Kier molecular flexibility index (Phi) is 7.86. The van der Waals surface area contributed by atoms with Crippen LogP contribution in [0.4, 0.5) is 0 Å². The Hall–Kier alpha value is -2.89. The monoisotopic (exact) mass is 463 g/mol. The summed E-state index contributed by atoms with van der Waals surface area (Å²) in [6.45, 7) is 7.43. The van der Waals surface area contributed by atoms with Crippen molar-refractivity contribution in [3.63, 3.8) is 0 Å². The second-order valence-electron chi connectivity index (χ2n) is 10.2. The lowest BCUT2D eigenvalue weighted by Gasteiger charge is -2.27. The summed E-state index contributed by atoms with van der Waals surface area (Å²) < 4.78 is 1.86. The Morgan fingerprint density at radius 1 is 0.824 bits per heavy atom. The lowest BCUT2D eigenvalue weighted by atomic mass is 9.92. The van der Waals surface area contributed by atoms with Crippen LogP contribution in [-0.2, 0) is 6.54 Å². The second-order valence-corrected chi connectivity index (χ2v) is 10.2. The van der Waals surface area contributed by atoms with Crippen LogP contribution in [-0.4, -0.2) is 52.4 Å². The third-order valence-electron chi connectivity index (χ3n) is 7.05. The van der Waals surface area contributed by atoms with Gasteiger partial charge in [-0.2, -0.15) is 0 Å². The molecule has 0 radical (unpaired) electrons. The molecule has 4 rings (SSSR count). The number of pyridine rings is 1. The van der Waals surface area contributed by atoms with Gasteiger partial charge in [0.1, 0.15) is 11.1 Å². The van der Waals surface area contributed by atoms with E-state index in [1.165, 1.54) is 5.56 Å². The minimum Gasteiger partial charge on any atom is -0.352 e. The Bertz CT molecular complexity index is 1050. The van der Waals surface area contributed by atoms with Crippen LogP contribution in [0.3, 0.4) is 0 Å². The third kappa shape index (κ3) is 5.60. The highest BCUT2D eigenvalue weighted by atomic mass is 16.2. The molecule has 0 bridgehead atoms. The van der Waals surface area contributed by atoms with E-state index in [0.29, 0.717) is 44.6 Å². The normalized spacial score (nSPS) is 19.2. The third-order valence-corrected chi connectivity index (χ3v) is 7.05. The van der Waals surface area contributed by atoms with Gasteiger partial charge >= 0.3 is 0 Å². The molecule has 1 aromatic heterocycles. The van der Waals surface area contributed by atoms with Gasteiger partial charge in [-0.25, -0.2) is 0 Å². The van der Waals surface area contributed by atoms with Gasteiger partial charge in [-0.15, -0.1) is 0 Å². The van der Waals surface area contributed by atoms with E-state index in [1.807, 2.05) is 15.5 Å². The van der Waals surface area contributed by atoms with Crippen molar-refractivity contribution in [3.05, 3.63) is 69.6 Å². The fraction of sp³-hybridized carbons (Fsp3) is 0.536. The molecule has 2 aliphatic heterocycles. The number of amides is 2. The average molecular weight is 464 g/mol. The molecule has 6 heteroatoms. The van der Waals surface area contributed by atoms with Crippen molar-refractivity contribution in [2.45, 2.75) is 64.8 Å². The molecular weight excluding hydrogens is 426 g/mol. The van der Waals surface area contributed by atoms with E-state index >= 15 is 0 Å². The van der Waals surface area contributed by atoms with E-state index in [9.17, 15) is 14.4 Å². The molecule has 2 saturated heterocycles. The number of aromatic nitrogens is 1. The van der Waals surface area contributed by atoms with Crippen molar-refractivity contribution in [2.24, 2.45) is 5.92 Å². The zero-order valence-electron chi connectivity index (χ0n) is 20.5. The minimum absolute atomic E-state index is 0.127. The molecule has 2 fully saturated rings. The Balaban J connectivity index is 1.59. The van der Waals surface area contributed by atoms with Gasteiger partial charge in [-0.1, -0.05) is 44.2 Å². The van der Waals surface area contributed by atoms with E-state index in [0.717, 1.165) is 38.5 Å². The van der Waals surface area contributed by atoms with Gasteiger partial charge in [0.2, 0.25) is 5.43 Å². The van der Waals surface area contributed by atoms with Gasteiger partial charge < -0.3 is 14.4 Å². The Labute approximate surface area is 202 Å². The number of likely N-dealkylation sites (tertiary alicyclic amines) is 2. The van der Waals surface area contributed by atoms with Crippen LogP contribution in [0.5, 0.6) is 0 Å². The van der Waals surface area contributed by atoms with Crippen molar-refractivity contribution in [2.75, 3.05) is 26.2 Å². The van der Waals surface area contributed by atoms with Crippen molar-refractivity contribution in [1.82, 2.24) is 14.4 Å². The molecule has 0 N–H and O–H groups in total. The van der Waals surface area contributed by atoms with Crippen molar-refractivity contribution >= 4 is 11.8 Å². The maximum atomic E-state index is 13.6. The molecule has 0 unspecified atom stereocenters. The molecule has 2 aliphatic rings. The second kappa shape index (κ2) is 11.0. The predicted octanol–water partition coefficient (Wildman–Crippen LogP) is 4.54. The minimum atomic E-state index is -0.426. The topological polar surface area (TPSA) is 62.6 Å². The molecule has 1 aromatic carbocycles. The molecular formula is C28H37N3O3. The first kappa shape index (κ1) is 24.2. The van der Waals surface area contributed by atoms with Crippen LogP contribution >= 0.6 is 0 Å². The quantitative estimate of drug-likeness (QED) is 0.654. The zero-order chi connectivity index (χ0) is 24.1. The van der Waals surface area contributed by atoms with E-state index in [1.54, 1.807) is 17.3 Å². The van der Waals surface area contributed by atoms with Gasteiger partial charge in [-0.3, -0.25) is 14.4 Å². The highest BCUT2D eigenvalue weighted by Crippen LogP contribution is 2.28. The first-order chi connectivity index (χ1) is 16.4. The molecule has 1 atom stereocenters. The maximum Gasteiger partial charge on any atom is 0.259 e. The molecule has 182 valence electrons. The fourth-order valence-electron chi connectivity index (χ4n) is 5.26. The fourth-order valence-corrected chi connectivity index (χ4v) is 5.26. The number of nitrogens with zero attached hydrogens (tertiary/aromatic N) is 3. The molecule has 0 spiro atoms. The molecule has 2 amide bonds. The summed E-state index contributed by atoms with van der Waals surface area (Å²) in [6, 6.07) is 10.5. The van der Waals surface area contributed by atoms with Crippen LogP contribution in [0.2, 0.25) is 0 Å². The number of hydrogen-bond donors (Lipinski definition) is 0. The number of carbonyl (C=O) groups excluding carboxylic acids is 2. The van der Waals surface area contributed by atoms with Crippen LogP contribution in [0, 0.1) is 5.92 Å². The lowest BCUT2D eigenvalue weighted by Crippen LogP contribution is -2.41. The molecule has 0 saturated carbocycles. The lowest BCUT2D eigenvalue weighted by molar-refractivity contribution is 0.0721. The van der Waals surface area contributed by atoms with E-state index in [4.69, 9.17) is 0 Å². The number of benzene rings is 1. The first-order valence-corrected chi connectivity index (χ1v) is 12.8. The number of carbonyl (C=O) groups is 2. The Morgan fingerprint density at radius 3 is 2.03 bits per heavy atom. The Morgan fingerprint density at radius 2 is 1.41 bits per heavy atom. The summed E-state index contributed by atoms with van der Waals surface area (Å²) in [5, 5.41) is 0. The van der Waals surface area contributed by atoms with Crippen LogP contribution in [0.25, 0.3) is 0 Å². The van der Waals surface area contributed by atoms with Crippen LogP contribution < -0.4 is 5.43 Å². The van der Waals surface area contributed by atoms with Crippen LogP contribution in [0.1, 0.15) is 84.6 Å². The molecule has 6 nitrogen and oxygen atoms in total. The van der Waals surface area contributed by atoms with Crippen molar-refractivity contribution in [3.8, 4) is 0 Å². The number of rotatable bonds is 5. The van der Waals surface area contributed by atoms with E-state index < -0.39 is 5.43 Å². The van der Waals surface area contributed by atoms with Crippen molar-refractivity contribution < 1.29 is 9.59 Å². The summed E-state index contributed by atoms with van der Waals surface area (Å²) in [4.78, 5) is 43.9. The summed E-state index contributed by atoms with van der Waals surface area (Å²) >= 11 is 0. The van der Waals surface area contributed by atoms with Crippen LogP contribution in [0.15, 0.2) is 47.5 Å². The van der Waals surface area contributed by atoms with Gasteiger partial charge in [0.05, 0.1) is 0 Å². The molecule has 34 heavy (non-hydrogen) atoms. The number of piperidine rings is 1. The highest BCUT2D eigenvalue weighted by Gasteiger charge is 2.28.